The third kappa shape index (κ3) is 3.40. The van der Waals surface area contributed by atoms with Gasteiger partial charge in [0.25, 0.3) is 0 Å². The highest BCUT2D eigenvalue weighted by molar-refractivity contribution is 7.89. The predicted octanol–water partition coefficient (Wildman–Crippen LogP) is 1.56. The van der Waals surface area contributed by atoms with Gasteiger partial charge in [-0.25, -0.2) is 22.5 Å². The smallest absolute Gasteiger partial charge is 0.243 e. The number of halogens is 1. The van der Waals surface area contributed by atoms with Gasteiger partial charge in [-0.15, -0.1) is 11.3 Å². The van der Waals surface area contributed by atoms with E-state index in [9.17, 15) is 12.8 Å². The second-order valence-electron chi connectivity index (χ2n) is 4.15. The van der Waals surface area contributed by atoms with Crippen molar-refractivity contribution >= 4 is 21.4 Å². The molecule has 1 heterocycles. The summed E-state index contributed by atoms with van der Waals surface area (Å²) in [4.78, 5) is 3.63. The van der Waals surface area contributed by atoms with Crippen LogP contribution in [0.2, 0.25) is 0 Å². The molecule has 0 bridgehead atoms. The van der Waals surface area contributed by atoms with Gasteiger partial charge < -0.3 is 5.11 Å². The number of thiazole rings is 1. The van der Waals surface area contributed by atoms with Gasteiger partial charge in [0, 0.05) is 5.38 Å². The molecule has 2 aromatic rings. The Morgan fingerprint density at radius 1 is 1.45 bits per heavy atom. The van der Waals surface area contributed by atoms with E-state index in [2.05, 4.69) is 9.71 Å². The molecule has 0 saturated carbocycles. The van der Waals surface area contributed by atoms with Crippen molar-refractivity contribution in [2.45, 2.75) is 25.0 Å². The number of nitrogens with zero attached hydrogens (tertiary/aromatic N) is 1. The minimum absolute atomic E-state index is 0.0413. The van der Waals surface area contributed by atoms with Crippen molar-refractivity contribution in [2.24, 2.45) is 0 Å². The van der Waals surface area contributed by atoms with Crippen LogP contribution in [0.1, 0.15) is 16.3 Å². The average molecular weight is 316 g/mol. The molecule has 2 rings (SSSR count). The van der Waals surface area contributed by atoms with Crippen LogP contribution in [-0.2, 0) is 23.2 Å². The fourth-order valence-corrected chi connectivity index (χ4v) is 3.52. The molecule has 0 aliphatic heterocycles. The number of aryl methyl sites for hydroxylation is 1. The van der Waals surface area contributed by atoms with Crippen molar-refractivity contribution in [3.8, 4) is 0 Å². The lowest BCUT2D eigenvalue weighted by Crippen LogP contribution is -2.24. The minimum Gasteiger partial charge on any atom is -0.390 e. The molecule has 8 heteroatoms. The third-order valence-corrected chi connectivity index (χ3v) is 4.86. The SMILES string of the molecule is Cc1ccc(F)c(S(=O)(=O)NCc2nc(CO)cs2)c1. The Morgan fingerprint density at radius 2 is 2.20 bits per heavy atom. The minimum atomic E-state index is -3.93. The molecule has 0 amide bonds. The lowest BCUT2D eigenvalue weighted by Gasteiger charge is -2.07. The Kier molecular flexibility index (Phi) is 4.48. The van der Waals surface area contributed by atoms with Crippen molar-refractivity contribution in [3.63, 3.8) is 0 Å². The van der Waals surface area contributed by atoms with Gasteiger partial charge in [-0.3, -0.25) is 0 Å². The van der Waals surface area contributed by atoms with Gasteiger partial charge in [-0.1, -0.05) is 6.07 Å². The van der Waals surface area contributed by atoms with E-state index >= 15 is 0 Å². The normalized spacial score (nSPS) is 11.8. The summed E-state index contributed by atoms with van der Waals surface area (Å²) in [5.74, 6) is -0.793. The fraction of sp³-hybridized carbons (Fsp3) is 0.250. The Hall–Kier alpha value is -1.35. The van der Waals surface area contributed by atoms with Gasteiger partial charge in [0.05, 0.1) is 18.8 Å². The first-order valence-corrected chi connectivity index (χ1v) is 8.08. The molecule has 0 radical (unpaired) electrons. The summed E-state index contributed by atoms with van der Waals surface area (Å²) in [6.45, 7) is 1.45. The van der Waals surface area contributed by atoms with Crippen molar-refractivity contribution in [2.75, 3.05) is 0 Å². The van der Waals surface area contributed by atoms with E-state index in [0.29, 0.717) is 16.3 Å². The van der Waals surface area contributed by atoms with Gasteiger partial charge in [0.1, 0.15) is 15.7 Å². The number of hydrogen-bond donors (Lipinski definition) is 2. The molecule has 0 atom stereocenters. The van der Waals surface area contributed by atoms with Crippen molar-refractivity contribution in [1.82, 2.24) is 9.71 Å². The monoisotopic (exact) mass is 316 g/mol. The zero-order chi connectivity index (χ0) is 14.8. The molecule has 1 aromatic heterocycles. The Morgan fingerprint density at radius 3 is 2.85 bits per heavy atom. The molecular formula is C12H13FN2O3S2. The lowest BCUT2D eigenvalue weighted by atomic mass is 10.2. The molecular weight excluding hydrogens is 303 g/mol. The van der Waals surface area contributed by atoms with E-state index < -0.39 is 15.8 Å². The quantitative estimate of drug-likeness (QED) is 0.877. The number of nitrogens with one attached hydrogen (secondary N) is 1. The fourth-order valence-electron chi connectivity index (χ4n) is 1.55. The highest BCUT2D eigenvalue weighted by Gasteiger charge is 2.19. The topological polar surface area (TPSA) is 79.3 Å². The summed E-state index contributed by atoms with van der Waals surface area (Å²) < 4.78 is 39.9. The van der Waals surface area contributed by atoms with Crippen LogP contribution in [-0.4, -0.2) is 18.5 Å². The van der Waals surface area contributed by atoms with Crippen LogP contribution in [0, 0.1) is 12.7 Å². The molecule has 5 nitrogen and oxygen atoms in total. The van der Waals surface area contributed by atoms with Crippen molar-refractivity contribution in [1.29, 1.82) is 0 Å². The van der Waals surface area contributed by atoms with Crippen LogP contribution in [0.25, 0.3) is 0 Å². The van der Waals surface area contributed by atoms with Crippen molar-refractivity contribution in [3.05, 3.63) is 45.7 Å². The number of sulfonamides is 1. The molecule has 0 fully saturated rings. The maximum Gasteiger partial charge on any atom is 0.243 e. The highest BCUT2D eigenvalue weighted by atomic mass is 32.2. The van der Waals surface area contributed by atoms with Gasteiger partial charge in [0.15, 0.2) is 0 Å². The second-order valence-corrected chi connectivity index (χ2v) is 6.83. The number of aliphatic hydroxyl groups excluding tert-OH is 1. The summed E-state index contributed by atoms with van der Waals surface area (Å²) in [5, 5.41) is 11.0. The Balaban J connectivity index is 2.17. The number of rotatable bonds is 5. The highest BCUT2D eigenvalue weighted by Crippen LogP contribution is 2.17. The zero-order valence-electron chi connectivity index (χ0n) is 10.6. The first-order chi connectivity index (χ1) is 9.42. The molecule has 2 N–H and O–H groups in total. The Bertz CT molecular complexity index is 713. The molecule has 20 heavy (non-hydrogen) atoms. The van der Waals surface area contributed by atoms with E-state index in [1.165, 1.54) is 23.5 Å². The van der Waals surface area contributed by atoms with Crippen LogP contribution >= 0.6 is 11.3 Å². The number of aromatic nitrogens is 1. The number of aliphatic hydroxyl groups is 1. The van der Waals surface area contributed by atoms with Gasteiger partial charge in [0.2, 0.25) is 10.0 Å². The molecule has 1 aromatic carbocycles. The molecule has 0 spiro atoms. The van der Waals surface area contributed by atoms with Crippen LogP contribution in [0.3, 0.4) is 0 Å². The van der Waals surface area contributed by atoms with Crippen LogP contribution in [0.15, 0.2) is 28.5 Å². The maximum atomic E-state index is 13.6. The summed E-state index contributed by atoms with van der Waals surface area (Å²) in [5.41, 5.74) is 1.13. The van der Waals surface area contributed by atoms with E-state index in [1.54, 1.807) is 12.3 Å². The molecule has 0 aliphatic rings. The largest absolute Gasteiger partial charge is 0.390 e. The lowest BCUT2D eigenvalue weighted by molar-refractivity contribution is 0.277. The molecule has 0 saturated heterocycles. The summed E-state index contributed by atoms with van der Waals surface area (Å²) >= 11 is 1.23. The van der Waals surface area contributed by atoms with Crippen molar-refractivity contribution < 1.29 is 17.9 Å². The molecule has 108 valence electrons. The van der Waals surface area contributed by atoms with Gasteiger partial charge in [-0.2, -0.15) is 0 Å². The first kappa shape index (κ1) is 15.0. The summed E-state index contributed by atoms with van der Waals surface area (Å²) in [7, 11) is -3.93. The predicted molar refractivity (Wildman–Crippen MR) is 73.2 cm³/mol. The van der Waals surface area contributed by atoms with E-state index in [0.717, 1.165) is 6.07 Å². The van der Waals surface area contributed by atoms with E-state index in [1.807, 2.05) is 0 Å². The second kappa shape index (κ2) is 5.96. The van der Waals surface area contributed by atoms with E-state index in [4.69, 9.17) is 5.11 Å². The third-order valence-electron chi connectivity index (χ3n) is 2.55. The number of benzene rings is 1. The zero-order valence-corrected chi connectivity index (χ0v) is 12.3. The summed E-state index contributed by atoms with van der Waals surface area (Å²) in [6, 6.07) is 3.90. The van der Waals surface area contributed by atoms with Crippen LogP contribution < -0.4 is 4.72 Å². The van der Waals surface area contributed by atoms with Crippen LogP contribution in [0.4, 0.5) is 4.39 Å². The average Bonchev–Trinajstić information content (AvgIpc) is 2.87. The standard InChI is InChI=1S/C12H13FN2O3S2/c1-8-2-3-10(13)11(4-8)20(17,18)14-5-12-15-9(6-16)7-19-12/h2-4,7,14,16H,5-6H2,1H3. The first-order valence-electron chi connectivity index (χ1n) is 5.72. The molecule has 0 aliphatic carbocycles. The Labute approximate surface area is 120 Å². The maximum absolute atomic E-state index is 13.6. The van der Waals surface area contributed by atoms with Crippen LogP contribution in [0.5, 0.6) is 0 Å². The van der Waals surface area contributed by atoms with E-state index in [-0.39, 0.29) is 18.0 Å². The van der Waals surface area contributed by atoms with Gasteiger partial charge in [-0.05, 0) is 24.6 Å². The van der Waals surface area contributed by atoms with Gasteiger partial charge >= 0.3 is 0 Å². The molecule has 0 unspecified atom stereocenters. The summed E-state index contributed by atoms with van der Waals surface area (Å²) in [6.07, 6.45) is 0. The number of hydrogen-bond acceptors (Lipinski definition) is 5.